The maximum absolute atomic E-state index is 14.1. The Balaban J connectivity index is 0.00000552. The molecule has 234 valence electrons. The quantitative estimate of drug-likeness (QED) is 0.128. The second-order valence-electron chi connectivity index (χ2n) is 11.3. The van der Waals surface area contributed by atoms with Crippen LogP contribution in [0.3, 0.4) is 0 Å². The van der Waals surface area contributed by atoms with Crippen LogP contribution in [0.25, 0.3) is 22.3 Å². The van der Waals surface area contributed by atoms with Crippen LogP contribution in [-0.4, -0.2) is 73.5 Å². The molecule has 1 aromatic heterocycles. The number of amides is 1. The molecule has 0 aliphatic rings. The molecule has 6 N–H and O–H groups in total. The summed E-state index contributed by atoms with van der Waals surface area (Å²) in [7, 11) is 0. The van der Waals surface area contributed by atoms with Gasteiger partial charge in [0.15, 0.2) is 0 Å². The molecule has 0 saturated heterocycles. The number of carbonyl (C=O) groups is 2. The van der Waals surface area contributed by atoms with Crippen molar-refractivity contribution in [2.24, 2.45) is 5.73 Å². The van der Waals surface area contributed by atoms with E-state index in [1.807, 2.05) is 73.0 Å². The second kappa shape index (κ2) is 16.8. The molecule has 1 heterocycles. The van der Waals surface area contributed by atoms with Gasteiger partial charge in [0.2, 0.25) is 0 Å². The molecule has 0 aliphatic heterocycles. The fraction of sp³-hybridized carbons (Fsp3) is 0.314. The van der Waals surface area contributed by atoms with Crippen molar-refractivity contribution < 1.29 is 29.3 Å². The number of nitrogens with one attached hydrogen (secondary N) is 1. The number of carbonyl (C=O) groups excluding carboxylic acids is 1. The molecule has 0 spiro atoms. The average Bonchev–Trinajstić information content (AvgIpc) is 3.35. The number of aliphatic hydroxyl groups is 2. The van der Waals surface area contributed by atoms with Crippen LogP contribution in [-0.2, 0) is 24.3 Å². The summed E-state index contributed by atoms with van der Waals surface area (Å²) in [6.07, 6.45) is -2.18. The van der Waals surface area contributed by atoms with Crippen LogP contribution in [0.5, 0.6) is 0 Å². The number of hydrogen-bond donors (Lipinski definition) is 5. The molecule has 3 aromatic carbocycles. The van der Waals surface area contributed by atoms with Gasteiger partial charge in [0.05, 0.1) is 18.6 Å². The minimum absolute atomic E-state index is 0. The Morgan fingerprint density at radius 2 is 1.47 bits per heavy atom. The Bertz CT molecular complexity index is 1560. The molecule has 1 amide bonds. The van der Waals surface area contributed by atoms with Gasteiger partial charge < -0.3 is 30.9 Å². The van der Waals surface area contributed by atoms with Crippen molar-refractivity contribution in [3.8, 4) is 22.3 Å². The first-order valence-electron chi connectivity index (χ1n) is 14.8. The van der Waals surface area contributed by atoms with Crippen molar-refractivity contribution >= 4 is 41.4 Å². The second-order valence-corrected chi connectivity index (χ2v) is 11.3. The number of rotatable bonds is 14. The number of aliphatic hydroxyl groups excluding tert-OH is 2. The van der Waals surface area contributed by atoms with E-state index in [4.69, 9.17) is 10.8 Å². The van der Waals surface area contributed by atoms with Crippen LogP contribution in [0, 0.1) is 5.82 Å². The van der Waals surface area contributed by atoms with E-state index in [1.54, 1.807) is 12.1 Å². The predicted molar refractivity (Wildman–Crippen MR) is 176 cm³/mol. The SMILES string of the molecule is CC(C)n1c(CC[C@@H](O)C[C@@H](O)CC(=O)O)c(-c2ccc(F)cc2)c(-c2ccccc2)c1C(=O)NCc1ccc(CN)cc1.[NaH]. The molecule has 0 radical (unpaired) electrons. The Morgan fingerprint density at radius 1 is 0.867 bits per heavy atom. The normalized spacial score (nSPS) is 12.4. The van der Waals surface area contributed by atoms with Crippen LogP contribution in [0.2, 0.25) is 0 Å². The van der Waals surface area contributed by atoms with E-state index in [0.717, 1.165) is 27.9 Å². The summed E-state index contributed by atoms with van der Waals surface area (Å²) < 4.78 is 16.0. The van der Waals surface area contributed by atoms with E-state index in [0.29, 0.717) is 36.3 Å². The van der Waals surface area contributed by atoms with Gasteiger partial charge in [-0.05, 0) is 67.5 Å². The van der Waals surface area contributed by atoms with Crippen LogP contribution < -0.4 is 11.1 Å². The number of benzene rings is 3. The zero-order valence-corrected chi connectivity index (χ0v) is 25.0. The molecule has 0 bridgehead atoms. The molecule has 10 heteroatoms. The van der Waals surface area contributed by atoms with E-state index < -0.39 is 24.6 Å². The Kier molecular flexibility index (Phi) is 13.5. The first-order chi connectivity index (χ1) is 21.1. The molecule has 0 fully saturated rings. The summed E-state index contributed by atoms with van der Waals surface area (Å²) in [5, 5.41) is 33.0. The third-order valence-corrected chi connectivity index (χ3v) is 7.61. The minimum atomic E-state index is -1.18. The number of nitrogens with two attached hydrogens (primary N) is 1. The third-order valence-electron chi connectivity index (χ3n) is 7.61. The molecule has 0 aliphatic carbocycles. The summed E-state index contributed by atoms with van der Waals surface area (Å²) >= 11 is 0. The fourth-order valence-electron chi connectivity index (χ4n) is 5.57. The van der Waals surface area contributed by atoms with Crippen LogP contribution >= 0.6 is 0 Å². The Morgan fingerprint density at radius 3 is 2.04 bits per heavy atom. The number of hydrogen-bond acceptors (Lipinski definition) is 5. The zero-order valence-electron chi connectivity index (χ0n) is 25.0. The van der Waals surface area contributed by atoms with Crippen molar-refractivity contribution in [2.75, 3.05) is 0 Å². The van der Waals surface area contributed by atoms with Gasteiger partial charge in [-0.2, -0.15) is 0 Å². The summed E-state index contributed by atoms with van der Waals surface area (Å²) in [6.45, 7) is 4.67. The number of nitrogens with zero attached hydrogens (tertiary/aromatic N) is 1. The van der Waals surface area contributed by atoms with Gasteiger partial charge >= 0.3 is 35.5 Å². The molecule has 4 aromatic rings. The molecule has 4 rings (SSSR count). The summed E-state index contributed by atoms with van der Waals surface area (Å²) in [6, 6.07) is 23.2. The molecule has 0 saturated carbocycles. The van der Waals surface area contributed by atoms with Crippen molar-refractivity contribution in [1.82, 2.24) is 9.88 Å². The number of aromatic nitrogens is 1. The first-order valence-corrected chi connectivity index (χ1v) is 14.8. The number of halogens is 1. The Hall–Kier alpha value is -3.31. The topological polar surface area (TPSA) is 138 Å². The number of carboxylic acid groups (broad SMARTS) is 1. The van der Waals surface area contributed by atoms with E-state index in [9.17, 15) is 24.2 Å². The van der Waals surface area contributed by atoms with Gasteiger partial charge in [-0.15, -0.1) is 0 Å². The van der Waals surface area contributed by atoms with Crippen molar-refractivity contribution in [3.63, 3.8) is 0 Å². The summed E-state index contributed by atoms with van der Waals surface area (Å²) in [5.41, 5.74) is 11.8. The van der Waals surface area contributed by atoms with Crippen molar-refractivity contribution in [3.05, 3.63) is 107 Å². The summed E-state index contributed by atoms with van der Waals surface area (Å²) in [5.74, 6) is -1.82. The Labute approximate surface area is 285 Å². The summed E-state index contributed by atoms with van der Waals surface area (Å²) in [4.78, 5) is 25.2. The maximum atomic E-state index is 14.1. The van der Waals surface area contributed by atoms with Gasteiger partial charge in [0, 0.05) is 36.0 Å². The molecule has 45 heavy (non-hydrogen) atoms. The van der Waals surface area contributed by atoms with Gasteiger partial charge in [-0.25, -0.2) is 4.39 Å². The van der Waals surface area contributed by atoms with E-state index in [1.165, 1.54) is 12.1 Å². The van der Waals surface area contributed by atoms with Gasteiger partial charge in [-0.1, -0.05) is 66.7 Å². The third kappa shape index (κ3) is 9.36. The fourth-order valence-corrected chi connectivity index (χ4v) is 5.57. The van der Waals surface area contributed by atoms with Crippen LogP contribution in [0.1, 0.15) is 66.5 Å². The van der Waals surface area contributed by atoms with Gasteiger partial charge in [0.1, 0.15) is 11.5 Å². The zero-order chi connectivity index (χ0) is 31.8. The number of carboxylic acids is 1. The van der Waals surface area contributed by atoms with Gasteiger partial charge in [-0.3, -0.25) is 9.59 Å². The van der Waals surface area contributed by atoms with Gasteiger partial charge in [0.25, 0.3) is 5.91 Å². The molecule has 0 unspecified atom stereocenters. The first kappa shape index (κ1) is 36.2. The van der Waals surface area contributed by atoms with Crippen LogP contribution in [0.4, 0.5) is 4.39 Å². The molecular weight excluding hydrogens is 584 g/mol. The monoisotopic (exact) mass is 625 g/mol. The van der Waals surface area contributed by atoms with E-state index >= 15 is 0 Å². The molecule has 8 nitrogen and oxygen atoms in total. The average molecular weight is 626 g/mol. The van der Waals surface area contributed by atoms with E-state index in [-0.39, 0.29) is 60.2 Å². The number of aliphatic carboxylic acids is 1. The van der Waals surface area contributed by atoms with Crippen molar-refractivity contribution in [1.29, 1.82) is 0 Å². The molecule has 2 atom stereocenters. The van der Waals surface area contributed by atoms with Crippen LogP contribution in [0.15, 0.2) is 78.9 Å². The van der Waals surface area contributed by atoms with E-state index in [2.05, 4.69) is 5.32 Å². The standard InChI is InChI=1S/C35H40FN3O5.Na.H/c1-22(2)39-30(17-16-28(40)18-29(41)19-31(42)43)32(26-12-14-27(36)15-13-26)33(25-6-4-3-5-7-25)34(39)35(44)38-21-24-10-8-23(20-37)9-11-24;;/h3-15,22,28-29,40-41H,16-21,37H2,1-2H3,(H,38,44)(H,42,43);;/t28-,29-;;/m1../s1. The predicted octanol–water partition coefficient (Wildman–Crippen LogP) is 4.80. The molecular formula is C35H41FN3NaO5. The van der Waals surface area contributed by atoms with Crippen molar-refractivity contribution in [2.45, 2.75) is 70.9 Å².